The van der Waals surface area contributed by atoms with Crippen LogP contribution in [-0.4, -0.2) is 32.1 Å². The molecule has 1 amide bonds. The lowest BCUT2D eigenvalue weighted by Crippen LogP contribution is -2.15. The number of carbonyl (C=O) groups is 2. The van der Waals surface area contributed by atoms with Crippen molar-refractivity contribution in [2.24, 2.45) is 5.73 Å². The van der Waals surface area contributed by atoms with Gasteiger partial charge < -0.3 is 20.5 Å². The molecular weight excluding hydrogens is 260 g/mol. The fourth-order valence-corrected chi connectivity index (χ4v) is 1.62. The molecule has 110 valence electrons. The van der Waals surface area contributed by atoms with E-state index in [0.29, 0.717) is 43.0 Å². The molecule has 6 nitrogen and oxygen atoms in total. The molecule has 0 spiro atoms. The zero-order chi connectivity index (χ0) is 15.0. The minimum Gasteiger partial charge on any atom is -0.495 e. The second-order valence-corrected chi connectivity index (χ2v) is 4.08. The molecule has 0 fully saturated rings. The van der Waals surface area contributed by atoms with Crippen LogP contribution in [0.25, 0.3) is 0 Å². The molecule has 1 aromatic rings. The highest BCUT2D eigenvalue weighted by Crippen LogP contribution is 2.26. The third kappa shape index (κ3) is 4.55. The number of hydrogen-bond acceptors (Lipinski definition) is 5. The van der Waals surface area contributed by atoms with Crippen LogP contribution in [0.4, 0.5) is 5.69 Å². The van der Waals surface area contributed by atoms with Gasteiger partial charge in [0.15, 0.2) is 0 Å². The summed E-state index contributed by atoms with van der Waals surface area (Å²) in [6.45, 7) is 2.48. The highest BCUT2D eigenvalue weighted by atomic mass is 16.5. The second-order valence-electron chi connectivity index (χ2n) is 4.08. The first-order valence-corrected chi connectivity index (χ1v) is 6.47. The van der Waals surface area contributed by atoms with Crippen LogP contribution in [0.1, 0.15) is 30.1 Å². The summed E-state index contributed by atoms with van der Waals surface area (Å²) in [4.78, 5) is 23.4. The summed E-state index contributed by atoms with van der Waals surface area (Å²) in [6.07, 6.45) is 0.926. The molecule has 0 aliphatic heterocycles. The van der Waals surface area contributed by atoms with E-state index >= 15 is 0 Å². The first kappa shape index (κ1) is 16.0. The Morgan fingerprint density at radius 2 is 2.10 bits per heavy atom. The SMILES string of the molecule is CCOC(=O)c1ccc(OC)c(NC(=O)CCCN)c1. The molecule has 1 aromatic carbocycles. The van der Waals surface area contributed by atoms with Gasteiger partial charge in [-0.25, -0.2) is 4.79 Å². The summed E-state index contributed by atoms with van der Waals surface area (Å²) < 4.78 is 10.1. The van der Waals surface area contributed by atoms with Crippen LogP contribution in [0.2, 0.25) is 0 Å². The van der Waals surface area contributed by atoms with Crippen LogP contribution in [0.5, 0.6) is 5.75 Å². The van der Waals surface area contributed by atoms with Gasteiger partial charge in [0, 0.05) is 6.42 Å². The normalized spacial score (nSPS) is 9.95. The van der Waals surface area contributed by atoms with Crippen molar-refractivity contribution in [2.75, 3.05) is 25.6 Å². The van der Waals surface area contributed by atoms with Gasteiger partial charge in [-0.3, -0.25) is 4.79 Å². The number of hydrogen-bond donors (Lipinski definition) is 2. The van der Waals surface area contributed by atoms with Gasteiger partial charge in [0.1, 0.15) is 5.75 Å². The first-order valence-electron chi connectivity index (χ1n) is 6.47. The van der Waals surface area contributed by atoms with Crippen LogP contribution in [0, 0.1) is 0 Å². The van der Waals surface area contributed by atoms with E-state index in [0.717, 1.165) is 0 Å². The van der Waals surface area contributed by atoms with Gasteiger partial charge in [0.25, 0.3) is 0 Å². The van der Waals surface area contributed by atoms with Crippen molar-refractivity contribution < 1.29 is 19.1 Å². The molecule has 0 saturated heterocycles. The number of esters is 1. The molecule has 0 radical (unpaired) electrons. The van der Waals surface area contributed by atoms with Crippen molar-refractivity contribution in [2.45, 2.75) is 19.8 Å². The van der Waals surface area contributed by atoms with E-state index in [1.807, 2.05) is 0 Å². The number of nitrogens with one attached hydrogen (secondary N) is 1. The highest BCUT2D eigenvalue weighted by Gasteiger charge is 2.12. The molecule has 6 heteroatoms. The van der Waals surface area contributed by atoms with Crippen LogP contribution in [-0.2, 0) is 9.53 Å². The summed E-state index contributed by atoms with van der Waals surface area (Å²) in [5.41, 5.74) is 6.16. The fraction of sp³-hybridized carbons (Fsp3) is 0.429. The minimum absolute atomic E-state index is 0.172. The van der Waals surface area contributed by atoms with Crippen molar-refractivity contribution in [1.82, 2.24) is 0 Å². The zero-order valence-corrected chi connectivity index (χ0v) is 11.8. The summed E-state index contributed by atoms with van der Waals surface area (Å²) >= 11 is 0. The molecule has 0 atom stereocenters. The standard InChI is InChI=1S/C14H20N2O4/c1-3-20-14(18)10-6-7-12(19-2)11(9-10)16-13(17)5-4-8-15/h6-7,9H,3-5,8,15H2,1-2H3,(H,16,17). The van der Waals surface area contributed by atoms with Crippen molar-refractivity contribution in [3.8, 4) is 5.75 Å². The predicted octanol–water partition coefficient (Wildman–Crippen LogP) is 1.55. The number of carbonyl (C=O) groups excluding carboxylic acids is 2. The number of amides is 1. The summed E-state index contributed by atoms with van der Waals surface area (Å²) in [7, 11) is 1.49. The van der Waals surface area contributed by atoms with E-state index in [2.05, 4.69) is 5.32 Å². The molecule has 0 heterocycles. The number of rotatable bonds is 7. The van der Waals surface area contributed by atoms with Crippen molar-refractivity contribution in [1.29, 1.82) is 0 Å². The van der Waals surface area contributed by atoms with Crippen LogP contribution < -0.4 is 15.8 Å². The molecule has 0 aliphatic rings. The smallest absolute Gasteiger partial charge is 0.338 e. The average Bonchev–Trinajstić information content (AvgIpc) is 2.45. The molecular formula is C14H20N2O4. The number of anilines is 1. The van der Waals surface area contributed by atoms with Crippen LogP contribution in [0.15, 0.2) is 18.2 Å². The molecule has 0 aliphatic carbocycles. The van der Waals surface area contributed by atoms with Gasteiger partial charge in [-0.1, -0.05) is 0 Å². The molecule has 0 saturated carbocycles. The Bertz CT molecular complexity index is 474. The number of benzene rings is 1. The maximum atomic E-state index is 11.7. The maximum Gasteiger partial charge on any atom is 0.338 e. The number of ether oxygens (including phenoxy) is 2. The van der Waals surface area contributed by atoms with E-state index in [9.17, 15) is 9.59 Å². The summed E-state index contributed by atoms with van der Waals surface area (Å²) in [5.74, 6) is -0.124. The van der Waals surface area contributed by atoms with E-state index in [-0.39, 0.29) is 5.91 Å². The molecule has 20 heavy (non-hydrogen) atoms. The van der Waals surface area contributed by atoms with E-state index in [1.54, 1.807) is 19.1 Å². The van der Waals surface area contributed by atoms with Gasteiger partial charge >= 0.3 is 5.97 Å². The molecule has 1 rings (SSSR count). The van der Waals surface area contributed by atoms with Gasteiger partial charge in [0.05, 0.1) is 25.0 Å². The number of nitrogens with two attached hydrogens (primary N) is 1. The van der Waals surface area contributed by atoms with Gasteiger partial charge in [-0.05, 0) is 38.1 Å². The van der Waals surface area contributed by atoms with Crippen LogP contribution in [0.3, 0.4) is 0 Å². The largest absolute Gasteiger partial charge is 0.495 e. The van der Waals surface area contributed by atoms with Gasteiger partial charge in [-0.2, -0.15) is 0 Å². The predicted molar refractivity (Wildman–Crippen MR) is 75.9 cm³/mol. The lowest BCUT2D eigenvalue weighted by molar-refractivity contribution is -0.116. The lowest BCUT2D eigenvalue weighted by atomic mass is 10.1. The van der Waals surface area contributed by atoms with E-state index < -0.39 is 5.97 Å². The Morgan fingerprint density at radius 1 is 1.35 bits per heavy atom. The Balaban J connectivity index is 2.88. The zero-order valence-electron chi connectivity index (χ0n) is 11.8. The molecule has 0 bridgehead atoms. The fourth-order valence-electron chi connectivity index (χ4n) is 1.62. The Hall–Kier alpha value is -2.08. The lowest BCUT2D eigenvalue weighted by Gasteiger charge is -2.11. The average molecular weight is 280 g/mol. The Kier molecular flexibility index (Phi) is 6.52. The minimum atomic E-state index is -0.437. The van der Waals surface area contributed by atoms with Crippen molar-refractivity contribution in [3.63, 3.8) is 0 Å². The van der Waals surface area contributed by atoms with Crippen molar-refractivity contribution in [3.05, 3.63) is 23.8 Å². The summed E-state index contributed by atoms with van der Waals surface area (Å²) in [6, 6.07) is 4.74. The van der Waals surface area contributed by atoms with Crippen molar-refractivity contribution >= 4 is 17.6 Å². The highest BCUT2D eigenvalue weighted by molar-refractivity contribution is 5.96. The van der Waals surface area contributed by atoms with Gasteiger partial charge in [-0.15, -0.1) is 0 Å². The quantitative estimate of drug-likeness (QED) is 0.739. The topological polar surface area (TPSA) is 90.6 Å². The molecule has 0 aromatic heterocycles. The second kappa shape index (κ2) is 8.16. The monoisotopic (exact) mass is 280 g/mol. The first-order chi connectivity index (χ1) is 9.62. The van der Waals surface area contributed by atoms with Gasteiger partial charge in [0.2, 0.25) is 5.91 Å². The maximum absolute atomic E-state index is 11.7. The Morgan fingerprint density at radius 3 is 2.70 bits per heavy atom. The Labute approximate surface area is 118 Å². The third-order valence-corrected chi connectivity index (χ3v) is 2.59. The molecule has 3 N–H and O–H groups in total. The summed E-state index contributed by atoms with van der Waals surface area (Å²) in [5, 5.41) is 2.71. The molecule has 0 unspecified atom stereocenters. The number of methoxy groups -OCH3 is 1. The third-order valence-electron chi connectivity index (χ3n) is 2.59. The van der Waals surface area contributed by atoms with E-state index in [4.69, 9.17) is 15.2 Å². The van der Waals surface area contributed by atoms with E-state index in [1.165, 1.54) is 13.2 Å². The van der Waals surface area contributed by atoms with Crippen LogP contribution >= 0.6 is 0 Å².